The van der Waals surface area contributed by atoms with Gasteiger partial charge < -0.3 is 9.67 Å². The number of hydrogen-bond donors (Lipinski definition) is 1. The molecule has 1 saturated carbocycles. The van der Waals surface area contributed by atoms with Gasteiger partial charge in [-0.15, -0.1) is 0 Å². The number of aryl methyl sites for hydroxylation is 1. The molecule has 7 nitrogen and oxygen atoms in total. The molecule has 1 spiro atoms. The maximum atomic E-state index is 13.1. The van der Waals surface area contributed by atoms with Crippen molar-refractivity contribution in [2.75, 3.05) is 13.1 Å². The molecule has 0 unspecified atom stereocenters. The minimum atomic E-state index is -3.57. The fraction of sp³-hybridized carbons (Fsp3) is 0.417. The normalized spacial score (nSPS) is 26.5. The number of imidazole rings is 1. The van der Waals surface area contributed by atoms with Crippen LogP contribution in [0.15, 0.2) is 60.1 Å². The van der Waals surface area contributed by atoms with Crippen LogP contribution >= 0.6 is 0 Å². The molecule has 0 bridgehead atoms. The summed E-state index contributed by atoms with van der Waals surface area (Å²) in [6.45, 7) is 2.65. The molecule has 4 heterocycles. The van der Waals surface area contributed by atoms with Crippen LogP contribution in [0.3, 0.4) is 0 Å². The number of hydrogen-bond acceptors (Lipinski definition) is 5. The highest BCUT2D eigenvalue weighted by Gasteiger charge is 2.58. The number of fused-ring (bicyclic) bond motifs is 3. The van der Waals surface area contributed by atoms with Crippen LogP contribution in [-0.4, -0.2) is 51.6 Å². The van der Waals surface area contributed by atoms with E-state index in [-0.39, 0.29) is 22.3 Å². The van der Waals surface area contributed by atoms with Crippen molar-refractivity contribution in [2.45, 2.75) is 43.2 Å². The van der Waals surface area contributed by atoms with Gasteiger partial charge in [-0.2, -0.15) is 4.31 Å². The standard InChI is InChI=1S/C24H26N4O3S/c1-16-6-9-25-14-21(16)32(30,31)27-10-7-24(8-11-27)12-19(23(24)29)22-18-5-3-2-4-17(18)20-13-26-15-28(20)22/h2-6,9,13-15,19,22-23,29H,7-8,10-12H2,1H3/t19-,22+,23+/m0/s1. The molecule has 0 amide bonds. The Morgan fingerprint density at radius 3 is 2.62 bits per heavy atom. The molecule has 32 heavy (non-hydrogen) atoms. The second-order valence-electron chi connectivity index (χ2n) is 9.44. The summed E-state index contributed by atoms with van der Waals surface area (Å²) in [6.07, 6.45) is 8.58. The van der Waals surface area contributed by atoms with E-state index in [9.17, 15) is 13.5 Å². The molecule has 1 N–H and O–H groups in total. The summed E-state index contributed by atoms with van der Waals surface area (Å²) < 4.78 is 30.0. The second kappa shape index (κ2) is 6.97. The molecule has 1 saturated heterocycles. The predicted molar refractivity (Wildman–Crippen MR) is 119 cm³/mol. The van der Waals surface area contributed by atoms with Crippen molar-refractivity contribution in [3.63, 3.8) is 0 Å². The van der Waals surface area contributed by atoms with Gasteiger partial charge in [0.25, 0.3) is 0 Å². The summed E-state index contributed by atoms with van der Waals surface area (Å²) in [5.74, 6) is 0.107. The second-order valence-corrected chi connectivity index (χ2v) is 11.3. The lowest BCUT2D eigenvalue weighted by atomic mass is 9.53. The van der Waals surface area contributed by atoms with Crippen molar-refractivity contribution in [3.05, 3.63) is 66.4 Å². The summed E-state index contributed by atoms with van der Waals surface area (Å²) in [6, 6.07) is 10.2. The van der Waals surface area contributed by atoms with Crippen LogP contribution in [0.25, 0.3) is 11.3 Å². The van der Waals surface area contributed by atoms with Gasteiger partial charge in [0.1, 0.15) is 4.90 Å². The van der Waals surface area contributed by atoms with Gasteiger partial charge >= 0.3 is 0 Å². The smallest absolute Gasteiger partial charge is 0.244 e. The van der Waals surface area contributed by atoms with E-state index in [1.165, 1.54) is 17.3 Å². The Morgan fingerprint density at radius 2 is 1.88 bits per heavy atom. The van der Waals surface area contributed by atoms with Gasteiger partial charge in [0.2, 0.25) is 10.0 Å². The fourth-order valence-corrected chi connectivity index (χ4v) is 7.73. The molecule has 1 aliphatic carbocycles. The zero-order chi connectivity index (χ0) is 22.1. The van der Waals surface area contributed by atoms with Gasteiger partial charge in [-0.05, 0) is 48.8 Å². The molecule has 2 aliphatic heterocycles. The zero-order valence-corrected chi connectivity index (χ0v) is 18.7. The van der Waals surface area contributed by atoms with Crippen LogP contribution in [0, 0.1) is 18.3 Å². The van der Waals surface area contributed by atoms with Crippen LogP contribution in [0.5, 0.6) is 0 Å². The highest BCUT2D eigenvalue weighted by Crippen LogP contribution is 2.59. The third kappa shape index (κ3) is 2.69. The van der Waals surface area contributed by atoms with Crippen LogP contribution < -0.4 is 0 Å². The zero-order valence-electron chi connectivity index (χ0n) is 17.9. The first kappa shape index (κ1) is 20.1. The van der Waals surface area contributed by atoms with Crippen LogP contribution in [0.4, 0.5) is 0 Å². The molecule has 0 radical (unpaired) electrons. The summed E-state index contributed by atoms with van der Waals surface area (Å²) in [5.41, 5.74) is 4.04. The van der Waals surface area contributed by atoms with E-state index in [4.69, 9.17) is 0 Å². The monoisotopic (exact) mass is 450 g/mol. The number of aliphatic hydroxyl groups excluding tert-OH is 1. The SMILES string of the molecule is Cc1ccncc1S(=O)(=O)N1CCC2(CC1)C[C@@H]([C@H]1c3ccccc3-c3cncn31)[C@H]2O. The molecule has 3 atom stereocenters. The maximum absolute atomic E-state index is 13.1. The molecule has 2 fully saturated rings. The van der Waals surface area contributed by atoms with E-state index >= 15 is 0 Å². The average molecular weight is 451 g/mol. The van der Waals surface area contributed by atoms with E-state index in [0.29, 0.717) is 31.5 Å². The van der Waals surface area contributed by atoms with Gasteiger partial charge in [-0.25, -0.2) is 13.4 Å². The summed E-state index contributed by atoms with van der Waals surface area (Å²) in [7, 11) is -3.57. The first-order chi connectivity index (χ1) is 15.4. The third-order valence-electron chi connectivity index (χ3n) is 7.93. The van der Waals surface area contributed by atoms with Crippen molar-refractivity contribution in [2.24, 2.45) is 11.3 Å². The van der Waals surface area contributed by atoms with Gasteiger partial charge in [0, 0.05) is 37.0 Å². The first-order valence-corrected chi connectivity index (χ1v) is 12.6. The Hall–Kier alpha value is -2.55. The van der Waals surface area contributed by atoms with Crippen LogP contribution in [-0.2, 0) is 10.0 Å². The lowest BCUT2D eigenvalue weighted by Crippen LogP contribution is -2.59. The van der Waals surface area contributed by atoms with Crippen molar-refractivity contribution in [3.8, 4) is 11.3 Å². The number of nitrogens with zero attached hydrogens (tertiary/aromatic N) is 4. The third-order valence-corrected chi connectivity index (χ3v) is 9.96. The Morgan fingerprint density at radius 1 is 1.09 bits per heavy atom. The molecule has 8 heteroatoms. The number of pyridine rings is 1. The number of aliphatic hydroxyl groups is 1. The van der Waals surface area contributed by atoms with E-state index < -0.39 is 16.1 Å². The Labute approximate surface area is 187 Å². The topological polar surface area (TPSA) is 88.3 Å². The number of benzene rings is 1. The van der Waals surface area contributed by atoms with E-state index in [2.05, 4.69) is 32.7 Å². The molecule has 1 aromatic carbocycles. The first-order valence-electron chi connectivity index (χ1n) is 11.1. The molecule has 2 aromatic heterocycles. The molecule has 166 valence electrons. The number of sulfonamides is 1. The Balaban J connectivity index is 1.21. The highest BCUT2D eigenvalue weighted by molar-refractivity contribution is 7.89. The van der Waals surface area contributed by atoms with Crippen molar-refractivity contribution >= 4 is 10.0 Å². The van der Waals surface area contributed by atoms with Crippen LogP contribution in [0.2, 0.25) is 0 Å². The summed E-state index contributed by atoms with van der Waals surface area (Å²) in [5, 5.41) is 11.4. The Bertz CT molecular complexity index is 1290. The average Bonchev–Trinajstić information content (AvgIpc) is 3.39. The summed E-state index contributed by atoms with van der Waals surface area (Å²) in [4.78, 5) is 8.62. The number of aromatic nitrogens is 3. The lowest BCUT2D eigenvalue weighted by molar-refractivity contribution is -0.152. The molecule has 3 aromatic rings. The minimum absolute atomic E-state index is 0.0872. The number of rotatable bonds is 3. The van der Waals surface area contributed by atoms with E-state index in [1.54, 1.807) is 23.5 Å². The van der Waals surface area contributed by atoms with E-state index in [0.717, 1.165) is 12.1 Å². The van der Waals surface area contributed by atoms with Gasteiger partial charge in [0.05, 0.1) is 30.4 Å². The van der Waals surface area contributed by atoms with E-state index in [1.807, 2.05) is 18.6 Å². The maximum Gasteiger partial charge on any atom is 0.244 e. The van der Waals surface area contributed by atoms with Crippen molar-refractivity contribution in [1.82, 2.24) is 18.8 Å². The van der Waals surface area contributed by atoms with Crippen molar-refractivity contribution in [1.29, 1.82) is 0 Å². The fourth-order valence-electron chi connectivity index (χ4n) is 6.12. The largest absolute Gasteiger partial charge is 0.392 e. The molecular formula is C24H26N4O3S. The lowest BCUT2D eigenvalue weighted by Gasteiger charge is -2.57. The Kier molecular flexibility index (Phi) is 4.38. The summed E-state index contributed by atoms with van der Waals surface area (Å²) >= 11 is 0. The molecular weight excluding hydrogens is 424 g/mol. The van der Waals surface area contributed by atoms with Gasteiger partial charge in [-0.3, -0.25) is 4.98 Å². The highest BCUT2D eigenvalue weighted by atomic mass is 32.2. The van der Waals surface area contributed by atoms with Crippen molar-refractivity contribution < 1.29 is 13.5 Å². The minimum Gasteiger partial charge on any atom is -0.392 e. The molecule has 3 aliphatic rings. The quantitative estimate of drug-likeness (QED) is 0.663. The number of piperidine rings is 1. The van der Waals surface area contributed by atoms with Gasteiger partial charge in [-0.1, -0.05) is 24.3 Å². The predicted octanol–water partition coefficient (Wildman–Crippen LogP) is 3.01. The molecule has 6 rings (SSSR count). The van der Waals surface area contributed by atoms with Gasteiger partial charge in [0.15, 0.2) is 0 Å². The van der Waals surface area contributed by atoms with Crippen LogP contribution in [0.1, 0.15) is 36.4 Å².